The van der Waals surface area contributed by atoms with E-state index in [1.165, 1.54) is 12.1 Å². The molecule has 0 aliphatic carbocycles. The van der Waals surface area contributed by atoms with Gasteiger partial charge in [0.05, 0.1) is 16.2 Å². The van der Waals surface area contributed by atoms with E-state index in [1.54, 1.807) is 11.0 Å². The summed E-state index contributed by atoms with van der Waals surface area (Å²) in [4.78, 5) is 26.9. The first-order valence-electron chi connectivity index (χ1n) is 9.95. The average molecular weight is 402 g/mol. The largest absolute Gasteiger partial charge is 0.444 e. The molecular formula is C21H30N4O4. The summed E-state index contributed by atoms with van der Waals surface area (Å²) in [6.45, 7) is 11.5. The van der Waals surface area contributed by atoms with E-state index in [4.69, 9.17) is 4.74 Å². The lowest BCUT2D eigenvalue weighted by molar-refractivity contribution is -0.384. The molecule has 0 N–H and O–H groups in total. The van der Waals surface area contributed by atoms with Crippen LogP contribution in [0.25, 0.3) is 0 Å². The smallest absolute Gasteiger partial charge is 0.410 e. The Morgan fingerprint density at radius 2 is 2.14 bits per heavy atom. The van der Waals surface area contributed by atoms with Gasteiger partial charge in [0, 0.05) is 37.8 Å². The molecule has 1 atom stereocenters. The molecule has 1 aliphatic heterocycles. The van der Waals surface area contributed by atoms with Crippen molar-refractivity contribution in [2.24, 2.45) is 5.92 Å². The van der Waals surface area contributed by atoms with Crippen LogP contribution in [0.15, 0.2) is 18.2 Å². The van der Waals surface area contributed by atoms with Crippen LogP contribution in [0.3, 0.4) is 0 Å². The number of benzene rings is 1. The van der Waals surface area contributed by atoms with Gasteiger partial charge in [0.2, 0.25) is 0 Å². The van der Waals surface area contributed by atoms with E-state index >= 15 is 0 Å². The minimum Gasteiger partial charge on any atom is -0.444 e. The van der Waals surface area contributed by atoms with Crippen molar-refractivity contribution >= 4 is 17.5 Å². The number of amides is 1. The van der Waals surface area contributed by atoms with Gasteiger partial charge in [-0.2, -0.15) is 5.26 Å². The van der Waals surface area contributed by atoms with Crippen molar-refractivity contribution in [2.75, 3.05) is 24.5 Å². The zero-order valence-electron chi connectivity index (χ0n) is 17.8. The number of nitro groups is 1. The van der Waals surface area contributed by atoms with E-state index in [0.29, 0.717) is 24.3 Å². The molecule has 1 aromatic carbocycles. The highest BCUT2D eigenvalue weighted by molar-refractivity contribution is 5.68. The lowest BCUT2D eigenvalue weighted by Gasteiger charge is -2.38. The topological polar surface area (TPSA) is 99.7 Å². The predicted molar refractivity (Wildman–Crippen MR) is 111 cm³/mol. The number of carbonyl (C=O) groups excluding carboxylic acids is 1. The minimum atomic E-state index is -0.552. The molecule has 1 unspecified atom stereocenters. The molecule has 0 radical (unpaired) electrons. The van der Waals surface area contributed by atoms with Gasteiger partial charge in [-0.05, 0) is 59.4 Å². The molecule has 1 fully saturated rings. The highest BCUT2D eigenvalue weighted by atomic mass is 16.6. The molecule has 0 bridgehead atoms. The summed E-state index contributed by atoms with van der Waals surface area (Å²) < 4.78 is 5.55. The van der Waals surface area contributed by atoms with Gasteiger partial charge in [-0.25, -0.2) is 4.79 Å². The summed E-state index contributed by atoms with van der Waals surface area (Å²) in [5.74, 6) is 0.223. The van der Waals surface area contributed by atoms with Crippen molar-refractivity contribution in [2.45, 2.75) is 59.1 Å². The Bertz CT molecular complexity index is 795. The molecule has 2 rings (SSSR count). The van der Waals surface area contributed by atoms with Gasteiger partial charge in [0.15, 0.2) is 0 Å². The standard InChI is InChI=1S/C21H30N4O4/c1-15(2)24(20(26)29-21(3,4)5)14-16-7-6-10-23(13-16)19-9-8-18(25(27)28)11-17(19)12-22/h8-9,11,15-16H,6-7,10,13-14H2,1-5H3. The van der Waals surface area contributed by atoms with E-state index in [1.807, 2.05) is 34.6 Å². The summed E-state index contributed by atoms with van der Waals surface area (Å²) in [7, 11) is 0. The molecule has 8 heteroatoms. The van der Waals surface area contributed by atoms with E-state index in [2.05, 4.69) is 11.0 Å². The zero-order valence-corrected chi connectivity index (χ0v) is 17.8. The van der Waals surface area contributed by atoms with Gasteiger partial charge >= 0.3 is 6.09 Å². The number of hydrogen-bond donors (Lipinski definition) is 0. The average Bonchev–Trinajstić information content (AvgIpc) is 2.64. The van der Waals surface area contributed by atoms with E-state index in [0.717, 1.165) is 19.4 Å². The Kier molecular flexibility index (Phi) is 7.07. The summed E-state index contributed by atoms with van der Waals surface area (Å²) in [5.41, 5.74) is 0.363. The minimum absolute atomic E-state index is 0.00858. The normalized spacial score (nSPS) is 17.0. The predicted octanol–water partition coefficient (Wildman–Crippen LogP) is 4.33. The second-order valence-electron chi connectivity index (χ2n) is 8.75. The van der Waals surface area contributed by atoms with Crippen molar-refractivity contribution in [3.63, 3.8) is 0 Å². The van der Waals surface area contributed by atoms with Gasteiger partial charge in [-0.3, -0.25) is 10.1 Å². The van der Waals surface area contributed by atoms with Crippen LogP contribution in [0.2, 0.25) is 0 Å². The van der Waals surface area contributed by atoms with Crippen LogP contribution in [0, 0.1) is 27.4 Å². The van der Waals surface area contributed by atoms with E-state index in [-0.39, 0.29) is 23.7 Å². The number of anilines is 1. The van der Waals surface area contributed by atoms with Crippen LogP contribution in [0.4, 0.5) is 16.2 Å². The first-order valence-corrected chi connectivity index (χ1v) is 9.95. The molecule has 1 heterocycles. The van der Waals surface area contributed by atoms with Crippen molar-refractivity contribution < 1.29 is 14.5 Å². The Hall–Kier alpha value is -2.82. The Labute approximate surface area is 172 Å². The van der Waals surface area contributed by atoms with Crippen LogP contribution < -0.4 is 4.90 Å². The second kappa shape index (κ2) is 9.12. The van der Waals surface area contributed by atoms with Crippen LogP contribution in [-0.2, 0) is 4.74 Å². The third kappa shape index (κ3) is 6.08. The van der Waals surface area contributed by atoms with Crippen LogP contribution in [-0.4, -0.2) is 47.2 Å². The Morgan fingerprint density at radius 1 is 1.45 bits per heavy atom. The fourth-order valence-electron chi connectivity index (χ4n) is 3.53. The summed E-state index contributed by atoms with van der Waals surface area (Å²) in [5, 5.41) is 20.4. The fraction of sp³-hybridized carbons (Fsp3) is 0.619. The van der Waals surface area contributed by atoms with Crippen LogP contribution in [0.5, 0.6) is 0 Å². The molecule has 1 amide bonds. The van der Waals surface area contributed by atoms with Gasteiger partial charge in [-0.15, -0.1) is 0 Å². The molecular weight excluding hydrogens is 372 g/mol. The molecule has 158 valence electrons. The number of nitro benzene ring substituents is 1. The molecule has 1 saturated heterocycles. The maximum atomic E-state index is 12.6. The lowest BCUT2D eigenvalue weighted by atomic mass is 9.96. The number of nitrogens with zero attached hydrogens (tertiary/aromatic N) is 4. The van der Waals surface area contributed by atoms with Crippen LogP contribution in [0.1, 0.15) is 53.0 Å². The number of carbonyl (C=O) groups is 1. The van der Waals surface area contributed by atoms with Crippen molar-refractivity contribution in [3.8, 4) is 6.07 Å². The first kappa shape index (κ1) is 22.5. The number of hydrogen-bond acceptors (Lipinski definition) is 6. The molecule has 1 aliphatic rings. The third-order valence-electron chi connectivity index (χ3n) is 4.88. The Balaban J connectivity index is 2.15. The highest BCUT2D eigenvalue weighted by Gasteiger charge is 2.29. The molecule has 1 aromatic rings. The highest BCUT2D eigenvalue weighted by Crippen LogP contribution is 2.29. The van der Waals surface area contributed by atoms with Crippen LogP contribution >= 0.6 is 0 Å². The second-order valence-corrected chi connectivity index (χ2v) is 8.75. The maximum absolute atomic E-state index is 12.6. The Morgan fingerprint density at radius 3 is 2.69 bits per heavy atom. The molecule has 0 aromatic heterocycles. The molecule has 0 spiro atoms. The van der Waals surface area contributed by atoms with Crippen molar-refractivity contribution in [1.82, 2.24) is 4.90 Å². The first-order chi connectivity index (χ1) is 13.5. The fourth-order valence-corrected chi connectivity index (χ4v) is 3.53. The van der Waals surface area contributed by atoms with Gasteiger partial charge < -0.3 is 14.5 Å². The number of non-ortho nitro benzene ring substituents is 1. The van der Waals surface area contributed by atoms with Crippen molar-refractivity contribution in [1.29, 1.82) is 5.26 Å². The monoisotopic (exact) mass is 402 g/mol. The zero-order chi connectivity index (χ0) is 21.8. The molecule has 8 nitrogen and oxygen atoms in total. The quantitative estimate of drug-likeness (QED) is 0.537. The summed E-state index contributed by atoms with van der Waals surface area (Å²) in [6.07, 6.45) is 1.57. The van der Waals surface area contributed by atoms with Crippen molar-refractivity contribution in [3.05, 3.63) is 33.9 Å². The van der Waals surface area contributed by atoms with Gasteiger partial charge in [0.1, 0.15) is 11.7 Å². The SMILES string of the molecule is CC(C)N(CC1CCCN(c2ccc([N+](=O)[O-])cc2C#N)C1)C(=O)OC(C)(C)C. The maximum Gasteiger partial charge on any atom is 0.410 e. The number of rotatable bonds is 5. The lowest BCUT2D eigenvalue weighted by Crippen LogP contribution is -2.47. The molecule has 0 saturated carbocycles. The van der Waals surface area contributed by atoms with Gasteiger partial charge in [0.25, 0.3) is 5.69 Å². The molecule has 29 heavy (non-hydrogen) atoms. The number of ether oxygens (including phenoxy) is 1. The summed E-state index contributed by atoms with van der Waals surface area (Å²) >= 11 is 0. The van der Waals surface area contributed by atoms with Gasteiger partial charge in [-0.1, -0.05) is 0 Å². The third-order valence-corrected chi connectivity index (χ3v) is 4.88. The van der Waals surface area contributed by atoms with E-state index < -0.39 is 10.5 Å². The van der Waals surface area contributed by atoms with E-state index in [9.17, 15) is 20.2 Å². The number of piperidine rings is 1. The summed E-state index contributed by atoms with van der Waals surface area (Å²) in [6, 6.07) is 6.48. The number of nitriles is 1.